The highest BCUT2D eigenvalue weighted by Crippen LogP contribution is 2.21. The second-order valence-corrected chi connectivity index (χ2v) is 9.87. The first-order valence-electron chi connectivity index (χ1n) is 9.55. The Bertz CT molecular complexity index is 908. The van der Waals surface area contributed by atoms with E-state index in [1.807, 2.05) is 24.3 Å². The first-order chi connectivity index (χ1) is 13.4. The van der Waals surface area contributed by atoms with E-state index in [4.69, 9.17) is 0 Å². The Hall–Kier alpha value is -1.70. The first kappa shape index (κ1) is 21.0. The van der Waals surface area contributed by atoms with E-state index < -0.39 is 10.0 Å². The zero-order valence-corrected chi connectivity index (χ0v) is 18.1. The van der Waals surface area contributed by atoms with Gasteiger partial charge in [-0.2, -0.15) is 4.31 Å². The second-order valence-electron chi connectivity index (χ2n) is 7.02. The Balaban J connectivity index is 1.50. The molecule has 0 atom stereocenters. The van der Waals surface area contributed by atoms with E-state index in [1.165, 1.54) is 0 Å². The highest BCUT2D eigenvalue weighted by Gasteiger charge is 2.25. The van der Waals surface area contributed by atoms with Gasteiger partial charge in [0.2, 0.25) is 15.9 Å². The molecule has 0 spiro atoms. The summed E-state index contributed by atoms with van der Waals surface area (Å²) in [6.07, 6.45) is 3.88. The third-order valence-corrected chi connectivity index (χ3v) is 7.30. The number of rotatable bonds is 7. The molecule has 5 nitrogen and oxygen atoms in total. The van der Waals surface area contributed by atoms with Gasteiger partial charge in [-0.3, -0.25) is 4.79 Å². The summed E-state index contributed by atoms with van der Waals surface area (Å²) >= 11 is 3.42. The van der Waals surface area contributed by atoms with E-state index in [2.05, 4.69) is 21.2 Å². The molecule has 0 aliphatic carbocycles. The minimum absolute atomic E-state index is 0.0232. The van der Waals surface area contributed by atoms with Gasteiger partial charge in [-0.15, -0.1) is 0 Å². The molecule has 7 heteroatoms. The van der Waals surface area contributed by atoms with Gasteiger partial charge in [0.05, 0.1) is 4.90 Å². The number of halogens is 1. The van der Waals surface area contributed by atoms with Crippen LogP contribution < -0.4 is 5.32 Å². The largest absolute Gasteiger partial charge is 0.352 e. The van der Waals surface area contributed by atoms with Gasteiger partial charge in [-0.25, -0.2) is 8.42 Å². The van der Waals surface area contributed by atoms with Crippen molar-refractivity contribution in [2.75, 3.05) is 13.1 Å². The average molecular weight is 465 g/mol. The van der Waals surface area contributed by atoms with Crippen molar-refractivity contribution in [2.24, 2.45) is 0 Å². The van der Waals surface area contributed by atoms with Crippen LogP contribution in [0.2, 0.25) is 0 Å². The molecule has 3 rings (SSSR count). The van der Waals surface area contributed by atoms with Crippen LogP contribution in [0.1, 0.15) is 36.8 Å². The van der Waals surface area contributed by atoms with Gasteiger partial charge in [0.25, 0.3) is 0 Å². The summed E-state index contributed by atoms with van der Waals surface area (Å²) in [6, 6.07) is 14.7. The summed E-state index contributed by atoms with van der Waals surface area (Å²) in [7, 11) is -3.40. The van der Waals surface area contributed by atoms with Crippen molar-refractivity contribution in [1.29, 1.82) is 0 Å². The molecule has 1 aliphatic heterocycles. The number of carbonyl (C=O) groups excluding carboxylic acids is 1. The van der Waals surface area contributed by atoms with Gasteiger partial charge >= 0.3 is 0 Å². The molecule has 150 valence electrons. The second kappa shape index (κ2) is 9.67. The predicted octanol–water partition coefficient (Wildman–Crippen LogP) is 3.87. The molecule has 1 saturated heterocycles. The van der Waals surface area contributed by atoms with Crippen molar-refractivity contribution >= 4 is 31.9 Å². The molecular formula is C21H25BrN2O3S. The maximum absolute atomic E-state index is 12.7. The molecule has 0 radical (unpaired) electrons. The lowest BCUT2D eigenvalue weighted by atomic mass is 10.1. The summed E-state index contributed by atoms with van der Waals surface area (Å²) in [4.78, 5) is 12.4. The molecular weight excluding hydrogens is 440 g/mol. The van der Waals surface area contributed by atoms with Gasteiger partial charge in [-0.1, -0.05) is 46.6 Å². The van der Waals surface area contributed by atoms with Crippen molar-refractivity contribution in [3.63, 3.8) is 0 Å². The maximum Gasteiger partial charge on any atom is 0.243 e. The number of nitrogens with one attached hydrogen (secondary N) is 1. The van der Waals surface area contributed by atoms with Gasteiger partial charge in [-0.05, 0) is 54.7 Å². The summed E-state index contributed by atoms with van der Waals surface area (Å²) in [5.74, 6) is -0.0232. The Kier molecular flexibility index (Phi) is 7.26. The Morgan fingerprint density at radius 1 is 1.00 bits per heavy atom. The number of sulfonamides is 1. The molecule has 1 heterocycles. The number of nitrogens with zero attached hydrogens (tertiary/aromatic N) is 1. The Morgan fingerprint density at radius 2 is 1.71 bits per heavy atom. The summed E-state index contributed by atoms with van der Waals surface area (Å²) in [6.45, 7) is 1.69. The summed E-state index contributed by atoms with van der Waals surface area (Å²) < 4.78 is 27.9. The Morgan fingerprint density at radius 3 is 2.39 bits per heavy atom. The van der Waals surface area contributed by atoms with Crippen molar-refractivity contribution in [3.05, 3.63) is 64.1 Å². The van der Waals surface area contributed by atoms with Crippen LogP contribution in [0.25, 0.3) is 0 Å². The molecule has 0 saturated carbocycles. The molecule has 1 amide bonds. The van der Waals surface area contributed by atoms with Gasteiger partial charge in [0.15, 0.2) is 0 Å². The van der Waals surface area contributed by atoms with Crippen LogP contribution >= 0.6 is 15.9 Å². The fraction of sp³-hybridized carbons (Fsp3) is 0.381. The number of aryl methyl sites for hydroxylation is 1. The van der Waals surface area contributed by atoms with Crippen molar-refractivity contribution in [1.82, 2.24) is 9.62 Å². The van der Waals surface area contributed by atoms with E-state index >= 15 is 0 Å². The number of amides is 1. The van der Waals surface area contributed by atoms with Gasteiger partial charge in [0.1, 0.15) is 0 Å². The fourth-order valence-electron chi connectivity index (χ4n) is 3.28. The molecule has 0 aromatic heterocycles. The smallest absolute Gasteiger partial charge is 0.243 e. The van der Waals surface area contributed by atoms with Gasteiger partial charge in [0, 0.05) is 30.5 Å². The lowest BCUT2D eigenvalue weighted by Gasteiger charge is -2.25. The number of carbonyl (C=O) groups is 1. The molecule has 0 unspecified atom stereocenters. The van der Waals surface area contributed by atoms with E-state index in [0.717, 1.165) is 34.9 Å². The van der Waals surface area contributed by atoms with Crippen LogP contribution in [-0.2, 0) is 27.8 Å². The van der Waals surface area contributed by atoms with Crippen LogP contribution in [-0.4, -0.2) is 31.7 Å². The van der Waals surface area contributed by atoms with E-state index in [1.54, 1.807) is 28.6 Å². The predicted molar refractivity (Wildman–Crippen MR) is 113 cm³/mol. The number of hydrogen-bond donors (Lipinski definition) is 1. The number of benzene rings is 2. The zero-order valence-electron chi connectivity index (χ0n) is 15.7. The minimum atomic E-state index is -3.40. The third kappa shape index (κ3) is 5.65. The normalized spacial score (nSPS) is 15.3. The summed E-state index contributed by atoms with van der Waals surface area (Å²) in [5.41, 5.74) is 1.99. The number of piperidine rings is 1. The Labute approximate surface area is 175 Å². The van der Waals surface area contributed by atoms with Crippen LogP contribution in [0.15, 0.2) is 57.9 Å². The molecule has 1 fully saturated rings. The SMILES string of the molecule is O=C(CCc1ccc(S(=O)(=O)N2CCCCC2)cc1)NCc1cccc(Br)c1. The quantitative estimate of drug-likeness (QED) is 0.675. The first-order valence-corrected chi connectivity index (χ1v) is 11.8. The lowest BCUT2D eigenvalue weighted by Crippen LogP contribution is -2.35. The summed E-state index contributed by atoms with van der Waals surface area (Å²) in [5, 5.41) is 2.91. The lowest BCUT2D eigenvalue weighted by molar-refractivity contribution is -0.121. The van der Waals surface area contributed by atoms with Crippen molar-refractivity contribution < 1.29 is 13.2 Å². The standard InChI is InChI=1S/C21H25BrN2O3S/c22-19-6-4-5-18(15-19)16-23-21(25)12-9-17-7-10-20(11-8-17)28(26,27)24-13-2-1-3-14-24/h4-8,10-11,15H,1-3,9,12-14,16H2,(H,23,25). The highest BCUT2D eigenvalue weighted by molar-refractivity contribution is 9.10. The van der Waals surface area contributed by atoms with E-state index in [-0.39, 0.29) is 5.91 Å². The minimum Gasteiger partial charge on any atom is -0.352 e. The molecule has 1 N–H and O–H groups in total. The average Bonchev–Trinajstić information content (AvgIpc) is 2.72. The molecule has 0 bridgehead atoms. The van der Waals surface area contributed by atoms with Crippen LogP contribution in [0.5, 0.6) is 0 Å². The molecule has 28 heavy (non-hydrogen) atoms. The van der Waals surface area contributed by atoms with Crippen LogP contribution in [0, 0.1) is 0 Å². The molecule has 1 aliphatic rings. The van der Waals surface area contributed by atoms with Crippen LogP contribution in [0.3, 0.4) is 0 Å². The van der Waals surface area contributed by atoms with Crippen molar-refractivity contribution in [2.45, 2.75) is 43.5 Å². The van der Waals surface area contributed by atoms with Crippen molar-refractivity contribution in [3.8, 4) is 0 Å². The van der Waals surface area contributed by atoms with Gasteiger partial charge < -0.3 is 5.32 Å². The van der Waals surface area contributed by atoms with E-state index in [9.17, 15) is 13.2 Å². The van der Waals surface area contributed by atoms with Crippen LogP contribution in [0.4, 0.5) is 0 Å². The zero-order chi connectivity index (χ0) is 20.0. The monoisotopic (exact) mass is 464 g/mol. The third-order valence-electron chi connectivity index (χ3n) is 4.90. The number of hydrogen-bond acceptors (Lipinski definition) is 3. The van der Waals surface area contributed by atoms with E-state index in [0.29, 0.717) is 37.4 Å². The topological polar surface area (TPSA) is 66.5 Å². The molecule has 2 aromatic rings. The maximum atomic E-state index is 12.7. The molecule has 2 aromatic carbocycles. The fourth-order valence-corrected chi connectivity index (χ4v) is 5.24. The highest BCUT2D eigenvalue weighted by atomic mass is 79.9.